The van der Waals surface area contributed by atoms with Gasteiger partial charge < -0.3 is 14.3 Å². The first kappa shape index (κ1) is 15.5. The first-order chi connectivity index (χ1) is 12.2. The number of hydrogen-bond acceptors (Lipinski definition) is 5. The molecule has 0 unspecified atom stereocenters. The molecule has 0 aliphatic heterocycles. The highest BCUT2D eigenvalue weighted by molar-refractivity contribution is 7.99. The Morgan fingerprint density at radius 1 is 1.12 bits per heavy atom. The Hall–Kier alpha value is -2.99. The fourth-order valence-electron chi connectivity index (χ4n) is 2.63. The van der Waals surface area contributed by atoms with E-state index in [1.165, 1.54) is 0 Å². The van der Waals surface area contributed by atoms with Gasteiger partial charge in [0.1, 0.15) is 5.75 Å². The van der Waals surface area contributed by atoms with Crippen molar-refractivity contribution in [2.75, 3.05) is 7.11 Å². The number of rotatable bonds is 4. The van der Waals surface area contributed by atoms with E-state index in [1.807, 2.05) is 24.3 Å². The number of aromatic nitrogens is 1. The van der Waals surface area contributed by atoms with Gasteiger partial charge in [-0.15, -0.1) is 0 Å². The molecule has 0 amide bonds. The summed E-state index contributed by atoms with van der Waals surface area (Å²) in [5.74, 6) is -0.206. The molecule has 0 saturated heterocycles. The smallest absolute Gasteiger partial charge is 0.335 e. The summed E-state index contributed by atoms with van der Waals surface area (Å²) in [5, 5.41) is 10.9. The number of hydrogen-bond donors (Lipinski definition) is 1. The highest BCUT2D eigenvalue weighted by atomic mass is 32.2. The molecule has 5 nitrogen and oxygen atoms in total. The predicted molar refractivity (Wildman–Crippen MR) is 95.6 cm³/mol. The van der Waals surface area contributed by atoms with Crippen molar-refractivity contribution < 1.29 is 19.1 Å². The molecule has 0 radical (unpaired) electrons. The minimum atomic E-state index is -0.935. The number of pyridine rings is 1. The van der Waals surface area contributed by atoms with Crippen LogP contribution < -0.4 is 4.74 Å². The summed E-state index contributed by atoms with van der Waals surface area (Å²) in [5.41, 5.74) is 1.61. The Morgan fingerprint density at radius 3 is 2.64 bits per heavy atom. The molecule has 2 aromatic heterocycles. The summed E-state index contributed by atoms with van der Waals surface area (Å²) in [6.07, 6.45) is 1.62. The fourth-order valence-corrected chi connectivity index (χ4v) is 3.69. The average Bonchev–Trinajstić information content (AvgIpc) is 3.09. The molecule has 4 rings (SSSR count). The zero-order valence-electron chi connectivity index (χ0n) is 13.2. The monoisotopic (exact) mass is 351 g/mol. The second kappa shape index (κ2) is 6.14. The van der Waals surface area contributed by atoms with Gasteiger partial charge in [-0.3, -0.25) is 0 Å². The van der Waals surface area contributed by atoms with Crippen LogP contribution in [-0.2, 0) is 0 Å². The van der Waals surface area contributed by atoms with Crippen LogP contribution in [0.3, 0.4) is 0 Å². The molecule has 0 saturated carbocycles. The number of fused-ring (bicyclic) bond motifs is 2. The molecule has 0 aliphatic rings. The zero-order valence-corrected chi connectivity index (χ0v) is 14.0. The van der Waals surface area contributed by atoms with Gasteiger partial charge in [0.15, 0.2) is 0 Å². The van der Waals surface area contributed by atoms with E-state index in [1.54, 1.807) is 49.4 Å². The fraction of sp³-hybridized carbons (Fsp3) is 0.0526. The van der Waals surface area contributed by atoms with Crippen molar-refractivity contribution in [1.29, 1.82) is 0 Å². The second-order valence-corrected chi connectivity index (χ2v) is 6.48. The standard InChI is InChI=1S/C19H13NO4S/c1-23-12-4-7-14-16(10-12)20-18-15(8-9-24-18)17(14)25-13-5-2-11(3-6-13)19(21)22/h2-10H,1H3,(H,21,22). The predicted octanol–water partition coefficient (Wildman–Crippen LogP) is 4.84. The van der Waals surface area contributed by atoms with Crippen LogP contribution in [0.4, 0.5) is 0 Å². The van der Waals surface area contributed by atoms with Crippen LogP contribution in [0.1, 0.15) is 10.4 Å². The number of carboxylic acid groups (broad SMARTS) is 1. The average molecular weight is 351 g/mol. The van der Waals surface area contributed by atoms with E-state index in [2.05, 4.69) is 4.98 Å². The topological polar surface area (TPSA) is 72.6 Å². The molecule has 2 aromatic carbocycles. The molecule has 0 bridgehead atoms. The molecule has 0 aliphatic carbocycles. The van der Waals surface area contributed by atoms with Crippen LogP contribution in [0.15, 0.2) is 69.0 Å². The molecule has 25 heavy (non-hydrogen) atoms. The summed E-state index contributed by atoms with van der Waals surface area (Å²) < 4.78 is 10.8. The largest absolute Gasteiger partial charge is 0.497 e. The van der Waals surface area contributed by atoms with Crippen LogP contribution in [-0.4, -0.2) is 23.2 Å². The quantitative estimate of drug-likeness (QED) is 0.567. The van der Waals surface area contributed by atoms with Gasteiger partial charge >= 0.3 is 5.97 Å². The van der Waals surface area contributed by atoms with Crippen molar-refractivity contribution in [3.8, 4) is 5.75 Å². The van der Waals surface area contributed by atoms with Gasteiger partial charge in [-0.05, 0) is 42.5 Å². The lowest BCUT2D eigenvalue weighted by atomic mass is 10.2. The lowest BCUT2D eigenvalue weighted by molar-refractivity contribution is 0.0697. The minimum absolute atomic E-state index is 0.266. The van der Waals surface area contributed by atoms with Gasteiger partial charge in [-0.25, -0.2) is 9.78 Å². The van der Waals surface area contributed by atoms with Crippen molar-refractivity contribution >= 4 is 39.7 Å². The molecule has 0 fully saturated rings. The molecule has 0 spiro atoms. The van der Waals surface area contributed by atoms with E-state index >= 15 is 0 Å². The first-order valence-corrected chi connectivity index (χ1v) is 8.33. The van der Waals surface area contributed by atoms with Crippen LogP contribution in [0.2, 0.25) is 0 Å². The van der Waals surface area contributed by atoms with E-state index in [4.69, 9.17) is 14.3 Å². The van der Waals surface area contributed by atoms with Crippen molar-refractivity contribution in [3.63, 3.8) is 0 Å². The Labute approximate surface area is 147 Å². The number of nitrogens with zero attached hydrogens (tertiary/aromatic N) is 1. The molecular formula is C19H13NO4S. The first-order valence-electron chi connectivity index (χ1n) is 7.52. The summed E-state index contributed by atoms with van der Waals surface area (Å²) in [7, 11) is 1.62. The van der Waals surface area contributed by atoms with Gasteiger partial charge in [0.2, 0.25) is 5.71 Å². The maximum Gasteiger partial charge on any atom is 0.335 e. The van der Waals surface area contributed by atoms with Gasteiger partial charge in [0.05, 0.1) is 29.8 Å². The number of carbonyl (C=O) groups is 1. The Balaban J connectivity index is 1.85. The number of carboxylic acids is 1. The molecule has 1 N–H and O–H groups in total. The summed E-state index contributed by atoms with van der Waals surface area (Å²) in [6.45, 7) is 0. The third-order valence-corrected chi connectivity index (χ3v) is 5.03. The van der Waals surface area contributed by atoms with Gasteiger partial charge in [-0.1, -0.05) is 11.8 Å². The lowest BCUT2D eigenvalue weighted by Crippen LogP contribution is -1.94. The summed E-state index contributed by atoms with van der Waals surface area (Å²) in [4.78, 5) is 17.5. The number of aromatic carboxylic acids is 1. The zero-order chi connectivity index (χ0) is 17.4. The molecule has 2 heterocycles. The summed E-state index contributed by atoms with van der Waals surface area (Å²) in [6, 6.07) is 14.4. The van der Waals surface area contributed by atoms with Crippen molar-refractivity contribution in [3.05, 3.63) is 60.4 Å². The van der Waals surface area contributed by atoms with E-state index in [9.17, 15) is 4.79 Å². The van der Waals surface area contributed by atoms with Crippen molar-refractivity contribution in [2.24, 2.45) is 0 Å². The van der Waals surface area contributed by atoms with Gasteiger partial charge in [-0.2, -0.15) is 0 Å². The molecule has 124 valence electrons. The van der Waals surface area contributed by atoms with Crippen molar-refractivity contribution in [1.82, 2.24) is 4.98 Å². The number of benzene rings is 2. The Bertz CT molecular complexity index is 1090. The van der Waals surface area contributed by atoms with E-state index in [0.717, 1.165) is 31.8 Å². The maximum atomic E-state index is 11.0. The van der Waals surface area contributed by atoms with Crippen LogP contribution in [0.25, 0.3) is 22.0 Å². The molecule has 6 heteroatoms. The van der Waals surface area contributed by atoms with Crippen LogP contribution >= 0.6 is 11.8 Å². The lowest BCUT2D eigenvalue weighted by Gasteiger charge is -2.09. The van der Waals surface area contributed by atoms with Gasteiger partial charge in [0, 0.05) is 21.2 Å². The maximum absolute atomic E-state index is 11.0. The molecule has 0 atom stereocenters. The Morgan fingerprint density at radius 2 is 1.92 bits per heavy atom. The van der Waals surface area contributed by atoms with Crippen LogP contribution in [0, 0.1) is 0 Å². The molecule has 4 aromatic rings. The highest BCUT2D eigenvalue weighted by Gasteiger charge is 2.14. The minimum Gasteiger partial charge on any atom is -0.497 e. The van der Waals surface area contributed by atoms with E-state index in [-0.39, 0.29) is 5.56 Å². The Kier molecular flexibility index (Phi) is 3.82. The third kappa shape index (κ3) is 2.81. The normalized spacial score (nSPS) is 11.1. The number of furan rings is 1. The number of ether oxygens (including phenoxy) is 1. The van der Waals surface area contributed by atoms with E-state index < -0.39 is 5.97 Å². The van der Waals surface area contributed by atoms with Crippen molar-refractivity contribution in [2.45, 2.75) is 9.79 Å². The van der Waals surface area contributed by atoms with Gasteiger partial charge in [0.25, 0.3) is 0 Å². The molecular weight excluding hydrogens is 338 g/mol. The third-order valence-electron chi connectivity index (χ3n) is 3.88. The number of methoxy groups -OCH3 is 1. The highest BCUT2D eigenvalue weighted by Crippen LogP contribution is 2.39. The van der Waals surface area contributed by atoms with E-state index in [0.29, 0.717) is 5.71 Å². The second-order valence-electron chi connectivity index (χ2n) is 5.40. The summed E-state index contributed by atoms with van der Waals surface area (Å²) >= 11 is 1.55. The van der Waals surface area contributed by atoms with Crippen LogP contribution in [0.5, 0.6) is 5.75 Å². The SMILES string of the molecule is COc1ccc2c(Sc3ccc(C(=O)O)cc3)c3ccoc3nc2c1.